The van der Waals surface area contributed by atoms with Crippen LogP contribution < -0.4 is 9.64 Å². The summed E-state index contributed by atoms with van der Waals surface area (Å²) in [6.45, 7) is 0. The quantitative estimate of drug-likeness (QED) is 0.175. The summed E-state index contributed by atoms with van der Waals surface area (Å²) in [5.74, 6) is -3.03. The summed E-state index contributed by atoms with van der Waals surface area (Å²) in [5.41, 5.74) is 0.554. The van der Waals surface area contributed by atoms with Crippen LogP contribution in [-0.4, -0.2) is 33.9 Å². The Morgan fingerprint density at radius 2 is 1.94 bits per heavy atom. The van der Waals surface area contributed by atoms with E-state index < -0.39 is 29.3 Å². The number of hydrogen-bond acceptors (Lipinski definition) is 7. The number of halogens is 4. The number of thiazole rings is 1. The lowest BCUT2D eigenvalue weighted by atomic mass is 9.96. The molecule has 36 heavy (non-hydrogen) atoms. The average Bonchev–Trinajstić information content (AvgIpc) is 3.36. The van der Waals surface area contributed by atoms with Crippen LogP contribution in [-0.2, 0) is 9.59 Å². The zero-order valence-electron chi connectivity index (χ0n) is 18.1. The fourth-order valence-electron chi connectivity index (χ4n) is 3.99. The SMILES string of the molecule is COc1c(Cl)cc(Cl)cc1/C(O)=C1\C(=O)C(=O)N(c2nc3cc(Cl)c(F)cc3s2)C1c1cccnc1. The molecule has 12 heteroatoms. The molecular formula is C24H13Cl3FN3O4S. The Balaban J connectivity index is 1.77. The molecule has 1 fully saturated rings. The van der Waals surface area contributed by atoms with E-state index in [0.717, 1.165) is 16.2 Å². The number of aliphatic hydroxyl groups excluding tert-OH is 1. The third-order valence-electron chi connectivity index (χ3n) is 5.54. The van der Waals surface area contributed by atoms with Gasteiger partial charge in [-0.15, -0.1) is 0 Å². The fourth-order valence-corrected chi connectivity index (χ4v) is 5.71. The number of amides is 1. The first-order valence-electron chi connectivity index (χ1n) is 10.2. The van der Waals surface area contributed by atoms with Gasteiger partial charge < -0.3 is 9.84 Å². The molecule has 5 rings (SSSR count). The normalized spacial score (nSPS) is 17.2. The van der Waals surface area contributed by atoms with Crippen LogP contribution in [0.5, 0.6) is 5.75 Å². The first-order chi connectivity index (χ1) is 17.2. The van der Waals surface area contributed by atoms with Crippen LogP contribution in [0.15, 0.2) is 54.4 Å². The van der Waals surface area contributed by atoms with Crippen molar-refractivity contribution in [1.82, 2.24) is 9.97 Å². The van der Waals surface area contributed by atoms with Crippen molar-refractivity contribution in [2.45, 2.75) is 6.04 Å². The Bertz CT molecular complexity index is 1550. The van der Waals surface area contributed by atoms with E-state index in [2.05, 4.69) is 9.97 Å². The largest absolute Gasteiger partial charge is 0.507 e. The van der Waals surface area contributed by atoms with Gasteiger partial charge in [0.25, 0.3) is 5.78 Å². The maximum Gasteiger partial charge on any atom is 0.301 e. The Hall–Kier alpha value is -3.24. The lowest BCUT2D eigenvalue weighted by molar-refractivity contribution is -0.132. The molecule has 3 heterocycles. The van der Waals surface area contributed by atoms with Crippen LogP contribution in [0.3, 0.4) is 0 Å². The first-order valence-corrected chi connectivity index (χ1v) is 12.2. The van der Waals surface area contributed by atoms with E-state index in [9.17, 15) is 19.1 Å². The van der Waals surface area contributed by atoms with Gasteiger partial charge >= 0.3 is 5.91 Å². The van der Waals surface area contributed by atoms with Crippen molar-refractivity contribution in [2.24, 2.45) is 0 Å². The van der Waals surface area contributed by atoms with Gasteiger partial charge in [-0.05, 0) is 35.9 Å². The second-order valence-corrected chi connectivity index (χ2v) is 9.91. The second kappa shape index (κ2) is 9.33. The third kappa shape index (κ3) is 3.98. The van der Waals surface area contributed by atoms with Gasteiger partial charge in [0.05, 0.1) is 44.6 Å². The Labute approximate surface area is 222 Å². The number of nitrogens with zero attached hydrogens (tertiary/aromatic N) is 3. The summed E-state index contributed by atoms with van der Waals surface area (Å²) in [6, 6.07) is 7.49. The summed E-state index contributed by atoms with van der Waals surface area (Å²) < 4.78 is 19.8. The maximum absolute atomic E-state index is 14.0. The van der Waals surface area contributed by atoms with E-state index in [-0.39, 0.29) is 37.1 Å². The van der Waals surface area contributed by atoms with Gasteiger partial charge in [0.2, 0.25) is 0 Å². The van der Waals surface area contributed by atoms with Crippen LogP contribution in [0, 0.1) is 5.82 Å². The number of anilines is 1. The van der Waals surface area contributed by atoms with Crippen LogP contribution in [0.25, 0.3) is 16.0 Å². The zero-order valence-corrected chi connectivity index (χ0v) is 21.2. The first kappa shape index (κ1) is 24.5. The molecule has 0 saturated carbocycles. The number of Topliss-reactive ketones (excluding diaryl/α,β-unsaturated/α-hetero) is 1. The number of ether oxygens (including phenoxy) is 1. The molecule has 182 valence electrons. The predicted molar refractivity (Wildman–Crippen MR) is 137 cm³/mol. The van der Waals surface area contributed by atoms with Crippen LogP contribution in [0.2, 0.25) is 15.1 Å². The minimum Gasteiger partial charge on any atom is -0.507 e. The van der Waals surface area contributed by atoms with Crippen molar-refractivity contribution in [1.29, 1.82) is 0 Å². The molecule has 2 aromatic heterocycles. The Kier molecular flexibility index (Phi) is 6.34. The Morgan fingerprint density at radius 1 is 1.17 bits per heavy atom. The highest BCUT2D eigenvalue weighted by Gasteiger charge is 2.48. The van der Waals surface area contributed by atoms with Crippen molar-refractivity contribution in [3.05, 3.63) is 86.4 Å². The monoisotopic (exact) mass is 563 g/mol. The summed E-state index contributed by atoms with van der Waals surface area (Å²) in [5, 5.41) is 11.6. The van der Waals surface area contributed by atoms with Gasteiger partial charge in [-0.2, -0.15) is 0 Å². The van der Waals surface area contributed by atoms with Gasteiger partial charge in [0, 0.05) is 17.4 Å². The zero-order chi connectivity index (χ0) is 25.7. The summed E-state index contributed by atoms with van der Waals surface area (Å²) in [4.78, 5) is 36.3. The highest BCUT2D eigenvalue weighted by atomic mass is 35.5. The minimum absolute atomic E-state index is 0.0278. The molecule has 1 saturated heterocycles. The number of aliphatic hydroxyl groups is 1. The molecule has 0 bridgehead atoms. The Morgan fingerprint density at radius 3 is 2.64 bits per heavy atom. The number of methoxy groups -OCH3 is 1. The molecule has 1 aliphatic heterocycles. The number of carbonyl (C=O) groups is 2. The third-order valence-corrected chi connectivity index (χ3v) is 7.34. The van der Waals surface area contributed by atoms with E-state index in [1.54, 1.807) is 12.1 Å². The van der Waals surface area contributed by atoms with Crippen molar-refractivity contribution >= 4 is 78.9 Å². The van der Waals surface area contributed by atoms with Crippen molar-refractivity contribution in [3.63, 3.8) is 0 Å². The number of rotatable bonds is 4. The summed E-state index contributed by atoms with van der Waals surface area (Å²) >= 11 is 19.3. The van der Waals surface area contributed by atoms with E-state index in [4.69, 9.17) is 39.5 Å². The van der Waals surface area contributed by atoms with Gasteiger partial charge in [-0.3, -0.25) is 19.5 Å². The van der Waals surface area contributed by atoms with Gasteiger partial charge in [-0.25, -0.2) is 9.37 Å². The molecule has 0 radical (unpaired) electrons. The van der Waals surface area contributed by atoms with Crippen molar-refractivity contribution in [2.75, 3.05) is 12.0 Å². The smallest absolute Gasteiger partial charge is 0.301 e. The van der Waals surface area contributed by atoms with Crippen LogP contribution in [0.1, 0.15) is 17.2 Å². The van der Waals surface area contributed by atoms with E-state index >= 15 is 0 Å². The van der Waals surface area contributed by atoms with Crippen LogP contribution in [0.4, 0.5) is 9.52 Å². The topological polar surface area (TPSA) is 92.6 Å². The second-order valence-electron chi connectivity index (χ2n) is 7.65. The van der Waals surface area contributed by atoms with Gasteiger partial charge in [0.15, 0.2) is 5.13 Å². The molecule has 0 spiro atoms. The number of fused-ring (bicyclic) bond motifs is 1. The molecular weight excluding hydrogens is 552 g/mol. The van der Waals surface area contributed by atoms with Gasteiger partial charge in [0.1, 0.15) is 17.3 Å². The van der Waals surface area contributed by atoms with Crippen molar-refractivity contribution in [3.8, 4) is 5.75 Å². The lowest BCUT2D eigenvalue weighted by Crippen LogP contribution is -2.29. The van der Waals surface area contributed by atoms with Crippen LogP contribution >= 0.6 is 46.1 Å². The average molecular weight is 565 g/mol. The van der Waals surface area contributed by atoms with E-state index in [0.29, 0.717) is 15.8 Å². The van der Waals surface area contributed by atoms with E-state index in [1.165, 1.54) is 43.8 Å². The number of carbonyl (C=O) groups excluding carboxylic acids is 2. The standard InChI is InChI=1S/C24H13Cl3FN3O4S/c1-35-22-12(5-11(25)6-14(22)27)20(32)18-19(10-3-2-4-29-9-10)31(23(34)21(18)33)24-30-16-7-13(26)15(28)8-17(16)36-24/h2-9,19,32H,1H3/b20-18+. The number of pyridine rings is 1. The summed E-state index contributed by atoms with van der Waals surface area (Å²) in [7, 11) is 1.34. The maximum atomic E-state index is 14.0. The molecule has 1 N–H and O–H groups in total. The molecule has 7 nitrogen and oxygen atoms in total. The number of aromatic nitrogens is 2. The number of ketones is 1. The summed E-state index contributed by atoms with van der Waals surface area (Å²) in [6.07, 6.45) is 2.99. The molecule has 0 aliphatic carbocycles. The van der Waals surface area contributed by atoms with E-state index in [1.807, 2.05) is 0 Å². The molecule has 1 unspecified atom stereocenters. The minimum atomic E-state index is -1.11. The number of hydrogen-bond donors (Lipinski definition) is 1. The fraction of sp³-hybridized carbons (Fsp3) is 0.0833. The van der Waals surface area contributed by atoms with Gasteiger partial charge in [-0.1, -0.05) is 52.2 Å². The highest BCUT2D eigenvalue weighted by Crippen LogP contribution is 2.46. The molecule has 4 aromatic rings. The lowest BCUT2D eigenvalue weighted by Gasteiger charge is -2.22. The molecule has 1 atom stereocenters. The van der Waals surface area contributed by atoms with Crippen molar-refractivity contribution < 1.29 is 23.8 Å². The number of benzene rings is 2. The molecule has 1 amide bonds. The highest BCUT2D eigenvalue weighted by molar-refractivity contribution is 7.22. The predicted octanol–water partition coefficient (Wildman–Crippen LogP) is 6.43. The molecule has 1 aliphatic rings. The molecule has 2 aromatic carbocycles.